The van der Waals surface area contributed by atoms with Crippen LogP contribution in [0.5, 0.6) is 0 Å². The van der Waals surface area contributed by atoms with Crippen molar-refractivity contribution in [2.75, 3.05) is 6.26 Å². The summed E-state index contributed by atoms with van der Waals surface area (Å²) < 4.78 is 23.3. The van der Waals surface area contributed by atoms with E-state index in [0.29, 0.717) is 0 Å². The predicted octanol–water partition coefficient (Wildman–Crippen LogP) is 0.731. The van der Waals surface area contributed by atoms with Crippen molar-refractivity contribution in [2.45, 2.75) is 24.6 Å². The van der Waals surface area contributed by atoms with Crippen LogP contribution in [0, 0.1) is 3.57 Å². The van der Waals surface area contributed by atoms with E-state index in [1.807, 2.05) is 22.6 Å². The van der Waals surface area contributed by atoms with Gasteiger partial charge in [0.2, 0.25) is 0 Å². The summed E-state index contributed by atoms with van der Waals surface area (Å²) in [6.45, 7) is 1.19. The number of carboxylic acids is 1. The first-order valence-corrected chi connectivity index (χ1v) is 8.34. The lowest BCUT2D eigenvalue weighted by atomic mass is 10.1. The van der Waals surface area contributed by atoms with E-state index in [1.165, 1.54) is 16.8 Å². The zero-order chi connectivity index (χ0) is 14.8. The SMILES string of the molecule is C[C@@](CCn1ccc(I)cc1=O)(C(=O)O)S(C)(=O)=O. The van der Waals surface area contributed by atoms with Gasteiger partial charge in [0.15, 0.2) is 14.6 Å². The van der Waals surface area contributed by atoms with E-state index in [1.54, 1.807) is 6.07 Å². The van der Waals surface area contributed by atoms with Gasteiger partial charge < -0.3 is 9.67 Å². The van der Waals surface area contributed by atoms with E-state index >= 15 is 0 Å². The molecule has 0 aliphatic rings. The maximum atomic E-state index is 11.6. The van der Waals surface area contributed by atoms with E-state index < -0.39 is 20.6 Å². The standard InChI is InChI=1S/C11H14INO5S/c1-11(10(15)16,19(2,17)18)4-6-13-5-3-8(12)7-9(13)14/h3,5,7H,4,6H2,1-2H3,(H,15,16)/t11-/m1/s1. The molecule has 1 heterocycles. The van der Waals surface area contributed by atoms with Gasteiger partial charge in [-0.1, -0.05) is 0 Å². The molecule has 1 aromatic rings. The molecule has 0 unspecified atom stereocenters. The average molecular weight is 399 g/mol. The molecule has 0 spiro atoms. The number of rotatable bonds is 5. The van der Waals surface area contributed by atoms with Crippen LogP contribution in [0.2, 0.25) is 0 Å². The molecule has 106 valence electrons. The number of carbonyl (C=O) groups is 1. The Kier molecular flexibility index (Phi) is 4.77. The maximum absolute atomic E-state index is 11.6. The van der Waals surface area contributed by atoms with Gasteiger partial charge >= 0.3 is 5.97 Å². The lowest BCUT2D eigenvalue weighted by Gasteiger charge is -2.22. The summed E-state index contributed by atoms with van der Waals surface area (Å²) in [5, 5.41) is 9.09. The second-order valence-electron chi connectivity index (χ2n) is 4.43. The lowest BCUT2D eigenvalue weighted by molar-refractivity contribution is -0.139. The van der Waals surface area contributed by atoms with E-state index in [4.69, 9.17) is 5.11 Å². The number of aryl methyl sites for hydroxylation is 1. The van der Waals surface area contributed by atoms with E-state index in [9.17, 15) is 18.0 Å². The highest BCUT2D eigenvalue weighted by molar-refractivity contribution is 14.1. The highest BCUT2D eigenvalue weighted by Crippen LogP contribution is 2.21. The third kappa shape index (κ3) is 3.56. The normalized spacial score (nSPS) is 14.9. The summed E-state index contributed by atoms with van der Waals surface area (Å²) in [7, 11) is -3.77. The van der Waals surface area contributed by atoms with Crippen molar-refractivity contribution in [1.82, 2.24) is 4.57 Å². The quantitative estimate of drug-likeness (QED) is 0.737. The van der Waals surface area contributed by atoms with Crippen LogP contribution >= 0.6 is 22.6 Å². The van der Waals surface area contributed by atoms with Crippen LogP contribution in [-0.2, 0) is 21.2 Å². The summed E-state index contributed by atoms with van der Waals surface area (Å²) in [6, 6.07) is 3.10. The minimum Gasteiger partial charge on any atom is -0.480 e. The Balaban J connectivity index is 3.02. The lowest BCUT2D eigenvalue weighted by Crippen LogP contribution is -2.44. The molecule has 0 saturated heterocycles. The zero-order valence-electron chi connectivity index (χ0n) is 10.5. The van der Waals surface area contributed by atoms with Gasteiger partial charge in [-0.3, -0.25) is 9.59 Å². The number of sulfone groups is 1. The fourth-order valence-corrected chi connectivity index (χ4v) is 2.66. The van der Waals surface area contributed by atoms with Crippen molar-refractivity contribution in [1.29, 1.82) is 0 Å². The van der Waals surface area contributed by atoms with E-state index in [0.717, 1.165) is 16.7 Å². The maximum Gasteiger partial charge on any atom is 0.324 e. The Morgan fingerprint density at radius 3 is 2.53 bits per heavy atom. The van der Waals surface area contributed by atoms with Crippen molar-refractivity contribution >= 4 is 38.4 Å². The molecule has 0 fully saturated rings. The number of halogens is 1. The monoisotopic (exact) mass is 399 g/mol. The molecule has 19 heavy (non-hydrogen) atoms. The minimum atomic E-state index is -3.77. The second kappa shape index (κ2) is 5.61. The van der Waals surface area contributed by atoms with Gasteiger partial charge in [-0.2, -0.15) is 0 Å². The van der Waals surface area contributed by atoms with Crippen LogP contribution in [0.25, 0.3) is 0 Å². The Morgan fingerprint density at radius 2 is 2.11 bits per heavy atom. The first-order chi connectivity index (χ1) is 8.58. The molecule has 6 nitrogen and oxygen atoms in total. The van der Waals surface area contributed by atoms with Gasteiger partial charge in [0.25, 0.3) is 5.56 Å². The fourth-order valence-electron chi connectivity index (χ4n) is 1.45. The van der Waals surface area contributed by atoms with Crippen LogP contribution in [0.15, 0.2) is 23.1 Å². The molecule has 0 bridgehead atoms. The van der Waals surface area contributed by atoms with E-state index in [2.05, 4.69) is 0 Å². The van der Waals surface area contributed by atoms with Gasteiger partial charge in [-0.25, -0.2) is 8.42 Å². The topological polar surface area (TPSA) is 93.4 Å². The van der Waals surface area contributed by atoms with Crippen molar-refractivity contribution < 1.29 is 18.3 Å². The van der Waals surface area contributed by atoms with E-state index in [-0.39, 0.29) is 18.5 Å². The minimum absolute atomic E-state index is 0.0334. The van der Waals surface area contributed by atoms with Gasteiger partial charge in [-0.15, -0.1) is 0 Å². The molecule has 0 aromatic carbocycles. The van der Waals surface area contributed by atoms with Crippen molar-refractivity contribution in [3.8, 4) is 0 Å². The molecule has 1 N–H and O–H groups in total. The third-order valence-electron chi connectivity index (χ3n) is 3.06. The molecule has 0 aliphatic heterocycles. The molecule has 0 amide bonds. The Morgan fingerprint density at radius 1 is 1.53 bits per heavy atom. The van der Waals surface area contributed by atoms with Gasteiger partial charge in [0.1, 0.15) is 0 Å². The molecule has 0 saturated carbocycles. The molecule has 8 heteroatoms. The van der Waals surface area contributed by atoms with Crippen molar-refractivity contribution in [3.63, 3.8) is 0 Å². The molecule has 1 aromatic heterocycles. The molecule has 0 radical (unpaired) electrons. The average Bonchev–Trinajstić information content (AvgIpc) is 2.25. The molecular formula is C11H14INO5S. The van der Waals surface area contributed by atoms with Crippen LogP contribution in [0.3, 0.4) is 0 Å². The molecule has 1 rings (SSSR count). The van der Waals surface area contributed by atoms with Gasteiger partial charge in [-0.05, 0) is 42.0 Å². The number of nitrogens with zero attached hydrogens (tertiary/aromatic N) is 1. The predicted molar refractivity (Wildman–Crippen MR) is 78.9 cm³/mol. The smallest absolute Gasteiger partial charge is 0.324 e. The van der Waals surface area contributed by atoms with Gasteiger partial charge in [0.05, 0.1) is 0 Å². The molecular weight excluding hydrogens is 385 g/mol. The summed E-state index contributed by atoms with van der Waals surface area (Å²) in [4.78, 5) is 22.8. The summed E-state index contributed by atoms with van der Waals surface area (Å²) >= 11 is 1.99. The first kappa shape index (κ1) is 16.2. The Hall–Kier alpha value is -0.900. The summed E-state index contributed by atoms with van der Waals surface area (Å²) in [5.74, 6) is -1.41. The van der Waals surface area contributed by atoms with Crippen LogP contribution < -0.4 is 5.56 Å². The number of carboxylic acid groups (broad SMARTS) is 1. The summed E-state index contributed by atoms with van der Waals surface area (Å²) in [5.41, 5.74) is -0.284. The number of aliphatic carboxylic acids is 1. The highest BCUT2D eigenvalue weighted by atomic mass is 127. The first-order valence-electron chi connectivity index (χ1n) is 5.37. The fraction of sp³-hybridized carbons (Fsp3) is 0.455. The number of pyridine rings is 1. The summed E-state index contributed by atoms with van der Waals surface area (Å²) in [6.07, 6.45) is 2.24. The van der Waals surface area contributed by atoms with Crippen LogP contribution in [-0.4, -0.2) is 35.1 Å². The Bertz CT molecular complexity index is 651. The molecule has 1 atom stereocenters. The third-order valence-corrected chi connectivity index (χ3v) is 5.75. The largest absolute Gasteiger partial charge is 0.480 e. The van der Waals surface area contributed by atoms with Crippen molar-refractivity contribution in [3.05, 3.63) is 32.3 Å². The number of hydrogen-bond donors (Lipinski definition) is 1. The number of aromatic nitrogens is 1. The highest BCUT2D eigenvalue weighted by Gasteiger charge is 2.43. The molecule has 0 aliphatic carbocycles. The van der Waals surface area contributed by atoms with Crippen molar-refractivity contribution in [2.24, 2.45) is 0 Å². The second-order valence-corrected chi connectivity index (χ2v) is 8.13. The Labute approximate surface area is 124 Å². The number of hydrogen-bond acceptors (Lipinski definition) is 4. The van der Waals surface area contributed by atoms with Crippen LogP contribution in [0.4, 0.5) is 0 Å². The zero-order valence-corrected chi connectivity index (χ0v) is 13.4. The van der Waals surface area contributed by atoms with Crippen LogP contribution in [0.1, 0.15) is 13.3 Å². The van der Waals surface area contributed by atoms with Gasteiger partial charge in [0, 0.05) is 28.6 Å².